The van der Waals surface area contributed by atoms with Crippen LogP contribution < -0.4 is 5.32 Å². The Balaban J connectivity index is 1.37. The minimum atomic E-state index is -3.92. The number of hydrazone groups is 1. The number of hydrogen-bond donors (Lipinski definition) is 3. The van der Waals surface area contributed by atoms with Crippen molar-refractivity contribution in [3.8, 4) is 11.4 Å². The molecule has 0 bridgehead atoms. The van der Waals surface area contributed by atoms with Crippen LogP contribution in [0.2, 0.25) is 0 Å². The molecule has 9 nitrogen and oxygen atoms in total. The van der Waals surface area contributed by atoms with Crippen LogP contribution in [-0.2, 0) is 11.1 Å². The van der Waals surface area contributed by atoms with Crippen molar-refractivity contribution in [1.82, 2.24) is 20.5 Å². The Morgan fingerprint density at radius 1 is 1.15 bits per heavy atom. The molecule has 1 unspecified atom stereocenters. The van der Waals surface area contributed by atoms with Gasteiger partial charge in [0.2, 0.25) is 5.82 Å². The lowest BCUT2D eigenvalue weighted by molar-refractivity contribution is 0.234. The summed E-state index contributed by atoms with van der Waals surface area (Å²) in [5.74, 6) is 0.967. The van der Waals surface area contributed by atoms with Gasteiger partial charge in [0.25, 0.3) is 5.89 Å². The molecule has 2 aromatic carbocycles. The normalized spacial score (nSPS) is 16.1. The van der Waals surface area contributed by atoms with Gasteiger partial charge in [-0.1, -0.05) is 66.7 Å². The van der Waals surface area contributed by atoms with Gasteiger partial charge in [0.05, 0.1) is 12.2 Å². The van der Waals surface area contributed by atoms with Crippen molar-refractivity contribution in [3.63, 3.8) is 0 Å². The molecule has 0 saturated carbocycles. The lowest BCUT2D eigenvalue weighted by atomic mass is 10.0. The van der Waals surface area contributed by atoms with E-state index in [9.17, 15) is 4.57 Å². The van der Waals surface area contributed by atoms with E-state index in [1.165, 1.54) is 5.56 Å². The summed E-state index contributed by atoms with van der Waals surface area (Å²) < 4.78 is 16.5. The molecule has 1 aliphatic rings. The van der Waals surface area contributed by atoms with Gasteiger partial charge >= 0.3 is 7.60 Å². The highest BCUT2D eigenvalue weighted by Crippen LogP contribution is 2.34. The Morgan fingerprint density at radius 2 is 1.91 bits per heavy atom. The molecule has 180 valence electrons. The Hall–Kier alpha value is -2.84. The quantitative estimate of drug-likeness (QED) is 0.277. The van der Waals surface area contributed by atoms with Crippen LogP contribution in [0, 0.1) is 0 Å². The molecule has 0 fully saturated rings. The third-order valence-corrected chi connectivity index (χ3v) is 6.55. The first kappa shape index (κ1) is 24.3. The van der Waals surface area contributed by atoms with Gasteiger partial charge in [-0.2, -0.15) is 10.1 Å². The van der Waals surface area contributed by atoms with Gasteiger partial charge in [0.15, 0.2) is 0 Å². The number of aromatic nitrogens is 2. The number of hydrogen-bond acceptors (Lipinski definition) is 7. The SMILES string of the molecule is CCCN1N=C(c2nc(-c3ccc(CNCCCP(=O)(O)O)cc3)no2)CC1c1ccccc1. The number of rotatable bonds is 11. The van der Waals surface area contributed by atoms with E-state index in [0.717, 1.165) is 36.2 Å². The van der Waals surface area contributed by atoms with E-state index in [1.54, 1.807) is 0 Å². The molecule has 1 aromatic heterocycles. The Kier molecular flexibility index (Phi) is 7.90. The third kappa shape index (κ3) is 6.39. The van der Waals surface area contributed by atoms with Crippen LogP contribution >= 0.6 is 7.60 Å². The minimum absolute atomic E-state index is 0.104. The molecule has 3 aromatic rings. The van der Waals surface area contributed by atoms with Crippen LogP contribution in [0.25, 0.3) is 11.4 Å². The van der Waals surface area contributed by atoms with Gasteiger partial charge < -0.3 is 19.6 Å². The van der Waals surface area contributed by atoms with E-state index in [4.69, 9.17) is 19.4 Å². The topological polar surface area (TPSA) is 124 Å². The molecule has 0 amide bonds. The van der Waals surface area contributed by atoms with Crippen molar-refractivity contribution >= 4 is 13.3 Å². The fourth-order valence-electron chi connectivity index (χ4n) is 3.96. The highest BCUT2D eigenvalue weighted by molar-refractivity contribution is 7.51. The first-order valence-corrected chi connectivity index (χ1v) is 13.3. The zero-order valence-electron chi connectivity index (χ0n) is 19.2. The van der Waals surface area contributed by atoms with Crippen LogP contribution in [0.3, 0.4) is 0 Å². The standard InChI is InChI=1S/C24H30N5O4P/c1-2-14-29-22(19-7-4-3-5-8-19)16-21(27-29)24-26-23(28-33-24)20-11-9-18(10-12-20)17-25-13-6-15-34(30,31)32/h3-5,7-12,22,25H,2,6,13-17H2,1H3,(H2,30,31,32). The third-order valence-electron chi connectivity index (χ3n) is 5.65. The highest BCUT2D eigenvalue weighted by Gasteiger charge is 2.31. The predicted octanol–water partition coefficient (Wildman–Crippen LogP) is 3.96. The number of nitrogens with zero attached hydrogens (tertiary/aromatic N) is 4. The van der Waals surface area contributed by atoms with Crippen LogP contribution in [-0.4, -0.2) is 49.9 Å². The second kappa shape index (κ2) is 11.1. The lowest BCUT2D eigenvalue weighted by Gasteiger charge is -2.23. The summed E-state index contributed by atoms with van der Waals surface area (Å²) in [5, 5.41) is 14.3. The van der Waals surface area contributed by atoms with E-state index in [1.807, 2.05) is 42.5 Å². The van der Waals surface area contributed by atoms with Crippen LogP contribution in [0.1, 0.15) is 49.2 Å². The van der Waals surface area contributed by atoms with Crippen molar-refractivity contribution in [1.29, 1.82) is 0 Å². The van der Waals surface area contributed by atoms with Crippen molar-refractivity contribution in [2.75, 3.05) is 19.3 Å². The summed E-state index contributed by atoms with van der Waals surface area (Å²) in [6.45, 7) is 4.16. The van der Waals surface area contributed by atoms with E-state index >= 15 is 0 Å². The van der Waals surface area contributed by atoms with Gasteiger partial charge in [0.1, 0.15) is 5.71 Å². The molecule has 3 N–H and O–H groups in total. The summed E-state index contributed by atoms with van der Waals surface area (Å²) >= 11 is 0. The first-order chi connectivity index (χ1) is 16.4. The molecule has 34 heavy (non-hydrogen) atoms. The van der Waals surface area contributed by atoms with Crippen LogP contribution in [0.15, 0.2) is 64.2 Å². The van der Waals surface area contributed by atoms with Crippen molar-refractivity contribution in [2.24, 2.45) is 5.10 Å². The molecule has 0 spiro atoms. The van der Waals surface area contributed by atoms with Crippen molar-refractivity contribution in [2.45, 2.75) is 38.8 Å². The molecule has 1 atom stereocenters. The maximum Gasteiger partial charge on any atom is 0.325 e. The summed E-state index contributed by atoms with van der Waals surface area (Å²) in [6.07, 6.45) is 2.05. The summed E-state index contributed by atoms with van der Waals surface area (Å²) in [6, 6.07) is 18.3. The van der Waals surface area contributed by atoms with Crippen molar-refractivity contribution in [3.05, 3.63) is 71.6 Å². The molecule has 4 rings (SSSR count). The summed E-state index contributed by atoms with van der Waals surface area (Å²) in [5.41, 5.74) is 3.94. The van der Waals surface area contributed by atoms with E-state index in [2.05, 4.69) is 39.5 Å². The van der Waals surface area contributed by atoms with Gasteiger partial charge in [-0.3, -0.25) is 9.57 Å². The molecular weight excluding hydrogens is 453 g/mol. The van der Waals surface area contributed by atoms with E-state index in [-0.39, 0.29) is 12.2 Å². The second-order valence-electron chi connectivity index (χ2n) is 8.38. The van der Waals surface area contributed by atoms with E-state index < -0.39 is 7.60 Å². The molecular formula is C24H30N5O4P. The Bertz CT molecular complexity index is 1140. The number of benzene rings is 2. The highest BCUT2D eigenvalue weighted by atomic mass is 31.2. The monoisotopic (exact) mass is 483 g/mol. The van der Waals surface area contributed by atoms with E-state index in [0.29, 0.717) is 31.2 Å². The van der Waals surface area contributed by atoms with Gasteiger partial charge in [-0.15, -0.1) is 0 Å². The zero-order chi connectivity index (χ0) is 24.0. The molecule has 0 saturated heterocycles. The largest absolute Gasteiger partial charge is 0.332 e. The summed E-state index contributed by atoms with van der Waals surface area (Å²) in [4.78, 5) is 22.4. The second-order valence-corrected chi connectivity index (χ2v) is 10.2. The van der Waals surface area contributed by atoms with Crippen LogP contribution in [0.5, 0.6) is 0 Å². The van der Waals surface area contributed by atoms with Gasteiger partial charge in [-0.05, 0) is 30.5 Å². The molecule has 2 heterocycles. The fraction of sp³-hybridized carbons (Fsp3) is 0.375. The van der Waals surface area contributed by atoms with Crippen molar-refractivity contribution < 1.29 is 18.9 Å². The Labute approximate surface area is 199 Å². The fourth-order valence-corrected chi connectivity index (χ4v) is 4.53. The molecule has 0 radical (unpaired) electrons. The van der Waals surface area contributed by atoms with Crippen LogP contribution in [0.4, 0.5) is 0 Å². The maximum atomic E-state index is 10.9. The summed E-state index contributed by atoms with van der Waals surface area (Å²) in [7, 11) is -3.92. The average Bonchev–Trinajstić information content (AvgIpc) is 3.47. The maximum absolute atomic E-state index is 10.9. The zero-order valence-corrected chi connectivity index (χ0v) is 20.1. The average molecular weight is 484 g/mol. The minimum Gasteiger partial charge on any atom is -0.332 e. The molecule has 10 heteroatoms. The lowest BCUT2D eigenvalue weighted by Crippen LogP contribution is -2.20. The predicted molar refractivity (Wildman–Crippen MR) is 130 cm³/mol. The van der Waals surface area contributed by atoms with Gasteiger partial charge in [0, 0.05) is 25.1 Å². The van der Waals surface area contributed by atoms with Gasteiger partial charge in [-0.25, -0.2) is 0 Å². The molecule has 0 aliphatic carbocycles. The smallest absolute Gasteiger partial charge is 0.325 e. The molecule has 1 aliphatic heterocycles. The number of nitrogens with one attached hydrogen (secondary N) is 1. The first-order valence-electron chi connectivity index (χ1n) is 11.5. The Morgan fingerprint density at radius 3 is 2.62 bits per heavy atom.